The molecular formula is C67H70N4O. The zero-order valence-electron chi connectivity index (χ0n) is 44.4. The van der Waals surface area contributed by atoms with Crippen LogP contribution in [0.3, 0.4) is 0 Å². The van der Waals surface area contributed by atoms with Crippen LogP contribution in [0.1, 0.15) is 134 Å². The lowest BCUT2D eigenvalue weighted by Crippen LogP contribution is -2.27. The van der Waals surface area contributed by atoms with Gasteiger partial charge in [0.1, 0.15) is 17.3 Å². The summed E-state index contributed by atoms with van der Waals surface area (Å²) < 4.78 is 9.50. The standard InChI is InChI=1S/C67H70N4O/c1-44(2)55-30-22-31-56(45(3)4)63(55)61-42-69(43-70(61)52-36-47(46-23-15-13-16-24-46)35-50(37-52)66(8,9)10)51-27-21-28-53(39-51)72-54-40-58(67(11,12)48-25-17-14-18-26-48)64-57-29-19-20-32-59(57)71(60(64)41-54)62-38-49(33-34-68-62)65(5,6)7/h13-42,44-45H,43H2,1-12H3. The van der Waals surface area contributed by atoms with Crippen LogP contribution in [-0.4, -0.2) is 16.2 Å². The largest absolute Gasteiger partial charge is 0.457 e. The maximum atomic E-state index is 7.17. The predicted octanol–water partition coefficient (Wildman–Crippen LogP) is 18.1. The Bertz CT molecular complexity index is 3450. The van der Waals surface area contributed by atoms with E-state index >= 15 is 0 Å². The highest BCUT2D eigenvalue weighted by Crippen LogP contribution is 2.47. The van der Waals surface area contributed by atoms with Gasteiger partial charge in [-0.25, -0.2) is 4.98 Å². The van der Waals surface area contributed by atoms with Gasteiger partial charge in [-0.15, -0.1) is 0 Å². The van der Waals surface area contributed by atoms with E-state index in [9.17, 15) is 0 Å². The molecule has 0 aliphatic carbocycles. The number of hydrogen-bond acceptors (Lipinski definition) is 4. The minimum Gasteiger partial charge on any atom is -0.457 e. The number of anilines is 2. The molecule has 9 aromatic rings. The first-order valence-electron chi connectivity index (χ1n) is 25.8. The molecular weight excluding hydrogens is 877 g/mol. The van der Waals surface area contributed by atoms with Gasteiger partial charge in [0.2, 0.25) is 0 Å². The summed E-state index contributed by atoms with van der Waals surface area (Å²) in [6.45, 7) is 28.3. The lowest BCUT2D eigenvalue weighted by molar-refractivity contribution is 0.481. The van der Waals surface area contributed by atoms with Crippen molar-refractivity contribution in [2.45, 2.75) is 111 Å². The Morgan fingerprint density at radius 1 is 0.514 bits per heavy atom. The second-order valence-electron chi connectivity index (χ2n) is 23.0. The Morgan fingerprint density at radius 2 is 1.17 bits per heavy atom. The van der Waals surface area contributed by atoms with E-state index in [1.165, 1.54) is 72.2 Å². The van der Waals surface area contributed by atoms with Gasteiger partial charge in [-0.3, -0.25) is 4.57 Å². The molecule has 72 heavy (non-hydrogen) atoms. The summed E-state index contributed by atoms with van der Waals surface area (Å²) in [5, 5.41) is 2.39. The Kier molecular flexibility index (Phi) is 12.5. The van der Waals surface area contributed by atoms with Crippen molar-refractivity contribution in [1.29, 1.82) is 0 Å². The normalized spacial score (nSPS) is 13.5. The highest BCUT2D eigenvalue weighted by Gasteiger charge is 2.32. The van der Waals surface area contributed by atoms with Gasteiger partial charge in [0.15, 0.2) is 0 Å². The molecule has 0 unspecified atom stereocenters. The van der Waals surface area contributed by atoms with Gasteiger partial charge in [-0.2, -0.15) is 0 Å². The van der Waals surface area contributed by atoms with E-state index in [2.05, 4.69) is 274 Å². The second kappa shape index (κ2) is 18.7. The average molecular weight is 947 g/mol. The van der Waals surface area contributed by atoms with Crippen molar-refractivity contribution in [2.75, 3.05) is 16.5 Å². The van der Waals surface area contributed by atoms with Crippen LogP contribution in [0.15, 0.2) is 182 Å². The van der Waals surface area contributed by atoms with E-state index in [0.29, 0.717) is 18.5 Å². The molecule has 5 nitrogen and oxygen atoms in total. The molecule has 3 heterocycles. The summed E-state index contributed by atoms with van der Waals surface area (Å²) in [7, 11) is 0. The lowest BCUT2D eigenvalue weighted by atomic mass is 9.76. The minimum atomic E-state index is -0.373. The van der Waals surface area contributed by atoms with Crippen LogP contribution < -0.4 is 14.5 Å². The Labute approximate surface area is 428 Å². The molecule has 0 N–H and O–H groups in total. The highest BCUT2D eigenvalue weighted by atomic mass is 16.5. The SMILES string of the molecule is CC(C)c1cccc(C(C)C)c1C1=CN(c2cccc(Oc3cc(C(C)(C)c4ccccc4)c4c5ccccc5n(-c5cc(C(C)(C)C)ccn5)c4c3)c2)CN1c1cc(-c2ccccc2)cc(C(C)(C)C)c1. The fourth-order valence-corrected chi connectivity index (χ4v) is 10.7. The van der Waals surface area contributed by atoms with Crippen LogP contribution in [0.5, 0.6) is 11.5 Å². The third-order valence-electron chi connectivity index (χ3n) is 14.8. The fraction of sp³-hybridized carbons (Fsp3) is 0.269. The molecule has 10 rings (SSSR count). The average Bonchev–Trinajstić information content (AvgIpc) is 3.96. The number of rotatable bonds is 11. The smallest absolute Gasteiger partial charge is 0.137 e. The van der Waals surface area contributed by atoms with E-state index in [1.54, 1.807) is 0 Å². The monoisotopic (exact) mass is 947 g/mol. The van der Waals surface area contributed by atoms with Crippen LogP contribution in [-0.2, 0) is 16.2 Å². The molecule has 0 saturated carbocycles. The molecule has 0 radical (unpaired) electrons. The number of hydrogen-bond donors (Lipinski definition) is 0. The number of ether oxygens (including phenoxy) is 1. The van der Waals surface area contributed by atoms with E-state index in [1.807, 2.05) is 6.20 Å². The van der Waals surface area contributed by atoms with Crippen molar-refractivity contribution in [2.24, 2.45) is 0 Å². The molecule has 5 heteroatoms. The summed E-state index contributed by atoms with van der Waals surface area (Å²) >= 11 is 0. The Hall–Kier alpha value is -7.37. The van der Waals surface area contributed by atoms with Crippen molar-refractivity contribution < 1.29 is 4.74 Å². The molecule has 1 aliphatic heterocycles. The van der Waals surface area contributed by atoms with Crippen LogP contribution in [0.25, 0.3) is 44.4 Å². The first-order chi connectivity index (χ1) is 34.4. The molecule has 0 atom stereocenters. The first kappa shape index (κ1) is 48.3. The summed E-state index contributed by atoms with van der Waals surface area (Å²) in [6.07, 6.45) is 4.33. The molecule has 0 amide bonds. The zero-order chi connectivity index (χ0) is 50.7. The van der Waals surface area contributed by atoms with Gasteiger partial charge in [0, 0.05) is 57.7 Å². The number of para-hydroxylation sites is 1. The van der Waals surface area contributed by atoms with Gasteiger partial charge in [0.05, 0.1) is 23.4 Å². The van der Waals surface area contributed by atoms with Crippen molar-refractivity contribution in [3.05, 3.63) is 221 Å². The third-order valence-corrected chi connectivity index (χ3v) is 14.8. The zero-order valence-corrected chi connectivity index (χ0v) is 44.4. The van der Waals surface area contributed by atoms with E-state index < -0.39 is 0 Å². The quantitative estimate of drug-likeness (QED) is 0.129. The third kappa shape index (κ3) is 9.11. The molecule has 2 aromatic heterocycles. The molecule has 0 spiro atoms. The van der Waals surface area contributed by atoms with E-state index in [-0.39, 0.29) is 16.2 Å². The van der Waals surface area contributed by atoms with Gasteiger partial charge < -0.3 is 14.5 Å². The molecule has 1 aliphatic rings. The van der Waals surface area contributed by atoms with Crippen molar-refractivity contribution in [3.63, 3.8) is 0 Å². The van der Waals surface area contributed by atoms with Crippen LogP contribution in [0, 0.1) is 0 Å². The van der Waals surface area contributed by atoms with Crippen molar-refractivity contribution >= 4 is 38.9 Å². The first-order valence-corrected chi connectivity index (χ1v) is 25.8. The van der Waals surface area contributed by atoms with Crippen molar-refractivity contribution in [1.82, 2.24) is 9.55 Å². The summed E-state index contributed by atoms with van der Waals surface area (Å²) in [6, 6.07) is 62.0. The molecule has 364 valence electrons. The number of nitrogens with zero attached hydrogens (tertiary/aromatic N) is 4. The van der Waals surface area contributed by atoms with Gasteiger partial charge in [0.25, 0.3) is 0 Å². The summed E-state index contributed by atoms with van der Waals surface area (Å²) in [5.74, 6) is 3.10. The second-order valence-corrected chi connectivity index (χ2v) is 23.0. The summed E-state index contributed by atoms with van der Waals surface area (Å²) in [5.41, 5.74) is 16.5. The Morgan fingerprint density at radius 3 is 1.85 bits per heavy atom. The van der Waals surface area contributed by atoms with Gasteiger partial charge in [-0.05, 0) is 116 Å². The summed E-state index contributed by atoms with van der Waals surface area (Å²) in [4.78, 5) is 9.98. The minimum absolute atomic E-state index is 0.0470. The maximum absolute atomic E-state index is 7.17. The number of fused-ring (bicyclic) bond motifs is 3. The number of benzene rings is 7. The van der Waals surface area contributed by atoms with Gasteiger partial charge >= 0.3 is 0 Å². The number of pyridine rings is 1. The van der Waals surface area contributed by atoms with E-state index in [0.717, 1.165) is 34.0 Å². The molecule has 7 aromatic carbocycles. The maximum Gasteiger partial charge on any atom is 0.137 e. The highest BCUT2D eigenvalue weighted by molar-refractivity contribution is 6.12. The van der Waals surface area contributed by atoms with Crippen LogP contribution in [0.2, 0.25) is 0 Å². The fourth-order valence-electron chi connectivity index (χ4n) is 10.7. The Balaban J connectivity index is 1.13. The topological polar surface area (TPSA) is 33.5 Å². The van der Waals surface area contributed by atoms with Crippen molar-refractivity contribution in [3.8, 4) is 28.4 Å². The van der Waals surface area contributed by atoms with E-state index in [4.69, 9.17) is 9.72 Å². The van der Waals surface area contributed by atoms with Gasteiger partial charge in [-0.1, -0.05) is 192 Å². The van der Waals surface area contributed by atoms with Crippen LogP contribution in [0.4, 0.5) is 11.4 Å². The van der Waals surface area contributed by atoms with Crippen LogP contribution >= 0.6 is 0 Å². The predicted molar refractivity (Wildman–Crippen MR) is 305 cm³/mol. The molecule has 0 bridgehead atoms. The lowest BCUT2D eigenvalue weighted by Gasteiger charge is -2.30. The molecule has 0 fully saturated rings. The number of aromatic nitrogens is 2. The molecule has 0 saturated heterocycles.